The summed E-state index contributed by atoms with van der Waals surface area (Å²) in [4.78, 5) is 2.10. The van der Waals surface area contributed by atoms with Crippen LogP contribution in [0.5, 0.6) is 0 Å². The highest BCUT2D eigenvalue weighted by molar-refractivity contribution is 7.92. The molecule has 35 heavy (non-hydrogen) atoms. The molecule has 10 heteroatoms. The lowest BCUT2D eigenvalue weighted by Gasteiger charge is -2.32. The Morgan fingerprint density at radius 2 is 1.63 bits per heavy atom. The van der Waals surface area contributed by atoms with E-state index in [-0.39, 0.29) is 0 Å². The highest BCUT2D eigenvalue weighted by atomic mass is 32.2. The fourth-order valence-corrected chi connectivity index (χ4v) is 5.16. The van der Waals surface area contributed by atoms with E-state index in [4.69, 9.17) is 8.94 Å². The van der Waals surface area contributed by atoms with Crippen LogP contribution < -0.4 is 0 Å². The minimum Gasteiger partial charge on any atom is -0.419 e. The first-order valence-electron chi connectivity index (χ1n) is 11.3. The van der Waals surface area contributed by atoms with E-state index in [1.807, 2.05) is 67.6 Å². The normalized spacial score (nSPS) is 15.7. The molecule has 1 aliphatic rings. The lowest BCUT2D eigenvalue weighted by molar-refractivity contribution is 0.169. The van der Waals surface area contributed by atoms with Gasteiger partial charge in [0.1, 0.15) is 17.0 Å². The fraction of sp³-hybridized carbons (Fsp3) is 0.240. The Morgan fingerprint density at radius 3 is 2.34 bits per heavy atom. The van der Waals surface area contributed by atoms with Gasteiger partial charge in [0, 0.05) is 37.2 Å². The molecule has 1 fully saturated rings. The van der Waals surface area contributed by atoms with Crippen molar-refractivity contribution in [3.63, 3.8) is 0 Å². The van der Waals surface area contributed by atoms with Gasteiger partial charge < -0.3 is 8.94 Å². The van der Waals surface area contributed by atoms with Crippen molar-refractivity contribution in [3.8, 4) is 22.7 Å². The van der Waals surface area contributed by atoms with Crippen LogP contribution in [0.15, 0.2) is 75.0 Å². The van der Waals surface area contributed by atoms with Crippen molar-refractivity contribution in [1.29, 1.82) is 0 Å². The third kappa shape index (κ3) is 5.24. The van der Waals surface area contributed by atoms with Gasteiger partial charge in [0.2, 0.25) is 15.9 Å². The van der Waals surface area contributed by atoms with Crippen molar-refractivity contribution >= 4 is 16.1 Å². The van der Waals surface area contributed by atoms with E-state index in [9.17, 15) is 8.42 Å². The third-order valence-electron chi connectivity index (χ3n) is 5.87. The topological polar surface area (TPSA) is 106 Å². The molecule has 0 saturated carbocycles. The van der Waals surface area contributed by atoms with Crippen LogP contribution in [0.1, 0.15) is 17.2 Å². The van der Waals surface area contributed by atoms with Gasteiger partial charge in [0.15, 0.2) is 0 Å². The van der Waals surface area contributed by atoms with E-state index in [1.54, 1.807) is 6.08 Å². The molecule has 5 rings (SSSR count). The number of aromatic nitrogens is 3. The molecular formula is C25H25N5O4S. The summed E-state index contributed by atoms with van der Waals surface area (Å²) in [5.41, 5.74) is 3.08. The second-order valence-electron chi connectivity index (χ2n) is 8.26. The Balaban J connectivity index is 1.22. The largest absolute Gasteiger partial charge is 0.419 e. The molecule has 0 N–H and O–H groups in total. The highest BCUT2D eigenvalue weighted by Crippen LogP contribution is 2.33. The summed E-state index contributed by atoms with van der Waals surface area (Å²) in [5.74, 6) is 1.41. The third-order valence-corrected chi connectivity index (χ3v) is 7.44. The van der Waals surface area contributed by atoms with Crippen LogP contribution in [-0.4, -0.2) is 59.2 Å². The Hall–Kier alpha value is -3.60. The summed E-state index contributed by atoms with van der Waals surface area (Å²) in [6.07, 6.45) is 1.62. The zero-order valence-corrected chi connectivity index (χ0v) is 20.1. The zero-order chi connectivity index (χ0) is 24.3. The van der Waals surface area contributed by atoms with Crippen LogP contribution in [0.4, 0.5) is 0 Å². The zero-order valence-electron chi connectivity index (χ0n) is 19.2. The molecule has 0 spiro atoms. The van der Waals surface area contributed by atoms with Crippen LogP contribution in [0.2, 0.25) is 0 Å². The van der Waals surface area contributed by atoms with Gasteiger partial charge in [0.25, 0.3) is 5.89 Å². The predicted octanol–water partition coefficient (Wildman–Crippen LogP) is 3.82. The number of piperazine rings is 1. The van der Waals surface area contributed by atoms with Gasteiger partial charge in [-0.25, -0.2) is 8.42 Å². The molecule has 2 aromatic heterocycles. The molecule has 1 saturated heterocycles. The number of sulfonamides is 1. The first-order chi connectivity index (χ1) is 17.0. The van der Waals surface area contributed by atoms with Crippen LogP contribution in [-0.2, 0) is 16.6 Å². The maximum absolute atomic E-state index is 12.7. The van der Waals surface area contributed by atoms with Crippen LogP contribution in [0.3, 0.4) is 0 Å². The molecule has 0 atom stereocenters. The van der Waals surface area contributed by atoms with Crippen LogP contribution >= 0.6 is 0 Å². The molecular weight excluding hydrogens is 466 g/mol. The van der Waals surface area contributed by atoms with Crippen LogP contribution in [0, 0.1) is 6.92 Å². The maximum Gasteiger partial charge on any atom is 0.253 e. The van der Waals surface area contributed by atoms with Crippen molar-refractivity contribution in [3.05, 3.63) is 83.3 Å². The van der Waals surface area contributed by atoms with Crippen molar-refractivity contribution in [2.24, 2.45) is 0 Å². The summed E-state index contributed by atoms with van der Waals surface area (Å²) < 4.78 is 38.3. The van der Waals surface area contributed by atoms with Crippen molar-refractivity contribution in [2.45, 2.75) is 13.5 Å². The average Bonchev–Trinajstić information content (AvgIpc) is 3.50. The number of rotatable bonds is 7. The van der Waals surface area contributed by atoms with E-state index >= 15 is 0 Å². The van der Waals surface area contributed by atoms with Gasteiger partial charge in [-0.15, -0.1) is 10.2 Å². The molecule has 0 aliphatic carbocycles. The summed E-state index contributed by atoms with van der Waals surface area (Å²) in [6, 6.07) is 19.1. The minimum atomic E-state index is -3.48. The molecule has 4 aromatic rings. The summed E-state index contributed by atoms with van der Waals surface area (Å²) in [7, 11) is -3.48. The van der Waals surface area contributed by atoms with Gasteiger partial charge >= 0.3 is 0 Å². The van der Waals surface area contributed by atoms with E-state index in [2.05, 4.69) is 20.3 Å². The van der Waals surface area contributed by atoms with Gasteiger partial charge in [-0.1, -0.05) is 65.8 Å². The average molecular weight is 492 g/mol. The number of nitrogens with zero attached hydrogens (tertiary/aromatic N) is 5. The lowest BCUT2D eigenvalue weighted by atomic mass is 10.1. The molecule has 3 heterocycles. The van der Waals surface area contributed by atoms with Gasteiger partial charge in [-0.05, 0) is 18.6 Å². The van der Waals surface area contributed by atoms with E-state index in [1.165, 1.54) is 9.71 Å². The standard InChI is InChI=1S/C25H25N5O4S/c1-19-23(24(28-34-19)21-10-6-3-7-11-21)25-27-26-22(33-25)18-29-13-15-30(16-14-29)35(31,32)17-12-20-8-4-2-5-9-20/h2-12,17H,13-16,18H2,1H3/b17-12+. The second-order valence-corrected chi connectivity index (χ2v) is 10.1. The van der Waals surface area contributed by atoms with E-state index < -0.39 is 10.0 Å². The second kappa shape index (κ2) is 9.95. The van der Waals surface area contributed by atoms with Crippen molar-refractivity contribution in [1.82, 2.24) is 24.6 Å². The Labute approximate surface area is 203 Å². The number of benzene rings is 2. The van der Waals surface area contributed by atoms with Gasteiger partial charge in [-0.3, -0.25) is 4.90 Å². The molecule has 0 bridgehead atoms. The van der Waals surface area contributed by atoms with Gasteiger partial charge in [-0.2, -0.15) is 4.31 Å². The predicted molar refractivity (Wildman–Crippen MR) is 131 cm³/mol. The first-order valence-corrected chi connectivity index (χ1v) is 12.8. The van der Waals surface area contributed by atoms with E-state index in [0.717, 1.165) is 11.1 Å². The molecule has 9 nitrogen and oxygen atoms in total. The Morgan fingerprint density at radius 1 is 0.943 bits per heavy atom. The SMILES string of the molecule is Cc1onc(-c2ccccc2)c1-c1nnc(CN2CCN(S(=O)(=O)/C=C/c3ccccc3)CC2)o1. The molecule has 180 valence electrons. The monoisotopic (exact) mass is 491 g/mol. The molecule has 1 aliphatic heterocycles. The van der Waals surface area contributed by atoms with Crippen molar-refractivity contribution < 1.29 is 17.4 Å². The van der Waals surface area contributed by atoms with Crippen LogP contribution in [0.25, 0.3) is 28.8 Å². The number of hydrogen-bond acceptors (Lipinski definition) is 8. The molecule has 2 aromatic carbocycles. The quantitative estimate of drug-likeness (QED) is 0.384. The van der Waals surface area contributed by atoms with E-state index in [0.29, 0.717) is 61.5 Å². The lowest BCUT2D eigenvalue weighted by Crippen LogP contribution is -2.47. The molecule has 0 radical (unpaired) electrons. The molecule has 0 amide bonds. The smallest absolute Gasteiger partial charge is 0.253 e. The summed E-state index contributed by atoms with van der Waals surface area (Å²) in [5, 5.41) is 13.9. The summed E-state index contributed by atoms with van der Waals surface area (Å²) >= 11 is 0. The summed E-state index contributed by atoms with van der Waals surface area (Å²) in [6.45, 7) is 4.17. The number of aryl methyl sites for hydroxylation is 1. The Kier molecular flexibility index (Phi) is 6.58. The number of hydrogen-bond donors (Lipinski definition) is 0. The fourth-order valence-electron chi connectivity index (χ4n) is 3.98. The highest BCUT2D eigenvalue weighted by Gasteiger charge is 2.27. The van der Waals surface area contributed by atoms with Gasteiger partial charge in [0.05, 0.1) is 6.54 Å². The first kappa shape index (κ1) is 23.2. The maximum atomic E-state index is 12.7. The molecule has 0 unspecified atom stereocenters. The minimum absolute atomic E-state index is 0.352. The van der Waals surface area contributed by atoms with Crippen molar-refractivity contribution in [2.75, 3.05) is 26.2 Å². The Bertz CT molecular complexity index is 1410.